The lowest BCUT2D eigenvalue weighted by Gasteiger charge is -2.27. The summed E-state index contributed by atoms with van der Waals surface area (Å²) in [5, 5.41) is 7.59. The SMILES string of the molecule is CC1CCCCCN1C(=O)c1cc(Cl)nnc1Cl. The van der Waals surface area contributed by atoms with Gasteiger partial charge in [0.1, 0.15) is 0 Å². The average Bonchev–Trinajstić information content (AvgIpc) is 2.56. The van der Waals surface area contributed by atoms with E-state index in [4.69, 9.17) is 23.2 Å². The molecule has 0 saturated carbocycles. The van der Waals surface area contributed by atoms with E-state index in [9.17, 15) is 4.79 Å². The molecule has 0 aromatic carbocycles. The van der Waals surface area contributed by atoms with Gasteiger partial charge in [-0.1, -0.05) is 36.0 Å². The van der Waals surface area contributed by atoms with Crippen molar-refractivity contribution in [1.82, 2.24) is 15.1 Å². The van der Waals surface area contributed by atoms with E-state index in [0.29, 0.717) is 5.56 Å². The summed E-state index contributed by atoms with van der Waals surface area (Å²) in [5.41, 5.74) is 0.338. The van der Waals surface area contributed by atoms with Crippen molar-refractivity contribution in [2.75, 3.05) is 6.54 Å². The maximum absolute atomic E-state index is 12.5. The minimum absolute atomic E-state index is 0.105. The Morgan fingerprint density at radius 1 is 1.33 bits per heavy atom. The molecule has 1 amide bonds. The topological polar surface area (TPSA) is 46.1 Å². The first kappa shape index (κ1) is 13.6. The van der Waals surface area contributed by atoms with Gasteiger partial charge in [-0.25, -0.2) is 0 Å². The number of halogens is 2. The van der Waals surface area contributed by atoms with E-state index >= 15 is 0 Å². The van der Waals surface area contributed by atoms with E-state index in [0.717, 1.165) is 32.2 Å². The van der Waals surface area contributed by atoms with Crippen molar-refractivity contribution >= 4 is 29.1 Å². The summed E-state index contributed by atoms with van der Waals surface area (Å²) in [7, 11) is 0. The van der Waals surface area contributed by atoms with Crippen molar-refractivity contribution in [2.24, 2.45) is 0 Å². The van der Waals surface area contributed by atoms with E-state index < -0.39 is 0 Å². The second kappa shape index (κ2) is 5.85. The minimum Gasteiger partial charge on any atom is -0.336 e. The first-order valence-corrected chi connectivity index (χ1v) is 6.85. The molecule has 0 bridgehead atoms. The molecule has 1 atom stereocenters. The lowest BCUT2D eigenvalue weighted by Crippen LogP contribution is -2.38. The molecule has 98 valence electrons. The number of hydrogen-bond acceptors (Lipinski definition) is 3. The highest BCUT2D eigenvalue weighted by molar-refractivity contribution is 6.34. The van der Waals surface area contributed by atoms with Crippen LogP contribution in [-0.2, 0) is 0 Å². The monoisotopic (exact) mass is 287 g/mol. The van der Waals surface area contributed by atoms with Crippen LogP contribution in [0.4, 0.5) is 0 Å². The predicted molar refractivity (Wildman–Crippen MR) is 71.0 cm³/mol. The van der Waals surface area contributed by atoms with E-state index in [2.05, 4.69) is 17.1 Å². The summed E-state index contributed by atoms with van der Waals surface area (Å²) < 4.78 is 0. The molecule has 1 aliphatic heterocycles. The van der Waals surface area contributed by atoms with Crippen molar-refractivity contribution in [2.45, 2.75) is 38.6 Å². The lowest BCUT2D eigenvalue weighted by molar-refractivity contribution is 0.0697. The number of hydrogen-bond donors (Lipinski definition) is 0. The fourth-order valence-corrected chi connectivity index (χ4v) is 2.55. The lowest BCUT2D eigenvalue weighted by atomic mass is 10.1. The number of amides is 1. The van der Waals surface area contributed by atoms with Crippen LogP contribution >= 0.6 is 23.2 Å². The average molecular weight is 288 g/mol. The van der Waals surface area contributed by atoms with Crippen molar-refractivity contribution in [1.29, 1.82) is 0 Å². The maximum atomic E-state index is 12.5. The molecule has 4 nitrogen and oxygen atoms in total. The van der Waals surface area contributed by atoms with E-state index in [1.165, 1.54) is 6.07 Å². The van der Waals surface area contributed by atoms with Crippen LogP contribution in [0.2, 0.25) is 10.3 Å². The third-order valence-corrected chi connectivity index (χ3v) is 3.73. The molecule has 1 aromatic heterocycles. The predicted octanol–water partition coefficient (Wildman–Crippen LogP) is 3.19. The molecule has 1 saturated heterocycles. The normalized spacial score (nSPS) is 20.6. The van der Waals surface area contributed by atoms with Crippen molar-refractivity contribution in [3.63, 3.8) is 0 Å². The summed E-state index contributed by atoms with van der Waals surface area (Å²) >= 11 is 11.7. The molecule has 2 heterocycles. The molecule has 0 radical (unpaired) electrons. The van der Waals surface area contributed by atoms with Crippen LogP contribution < -0.4 is 0 Å². The fraction of sp³-hybridized carbons (Fsp3) is 0.583. The van der Waals surface area contributed by atoms with Crippen LogP contribution in [0, 0.1) is 0 Å². The molecular formula is C12H15Cl2N3O. The van der Waals surface area contributed by atoms with Gasteiger partial charge in [-0.15, -0.1) is 10.2 Å². The van der Waals surface area contributed by atoms with E-state index in [-0.39, 0.29) is 22.3 Å². The molecule has 0 spiro atoms. The Morgan fingerprint density at radius 2 is 2.11 bits per heavy atom. The van der Waals surface area contributed by atoms with Crippen LogP contribution in [0.5, 0.6) is 0 Å². The molecule has 0 N–H and O–H groups in total. The van der Waals surface area contributed by atoms with Gasteiger partial charge >= 0.3 is 0 Å². The van der Waals surface area contributed by atoms with Crippen LogP contribution in [0.1, 0.15) is 43.0 Å². The highest BCUT2D eigenvalue weighted by atomic mass is 35.5. The summed E-state index contributed by atoms with van der Waals surface area (Å²) in [5.74, 6) is -0.105. The van der Waals surface area contributed by atoms with E-state index in [1.807, 2.05) is 4.90 Å². The van der Waals surface area contributed by atoms with Gasteiger partial charge in [0.05, 0.1) is 5.56 Å². The molecule has 0 aliphatic carbocycles. The third-order valence-electron chi connectivity index (χ3n) is 3.26. The molecule has 1 fully saturated rings. The highest BCUT2D eigenvalue weighted by Crippen LogP contribution is 2.22. The van der Waals surface area contributed by atoms with Gasteiger partial charge in [-0.05, 0) is 25.8 Å². The summed E-state index contributed by atoms with van der Waals surface area (Å²) in [6, 6.07) is 1.71. The molecule has 1 aliphatic rings. The van der Waals surface area contributed by atoms with Gasteiger partial charge in [-0.2, -0.15) is 0 Å². The van der Waals surface area contributed by atoms with Crippen molar-refractivity contribution < 1.29 is 4.79 Å². The van der Waals surface area contributed by atoms with Gasteiger partial charge in [-0.3, -0.25) is 4.79 Å². The first-order valence-electron chi connectivity index (χ1n) is 6.09. The summed E-state index contributed by atoms with van der Waals surface area (Å²) in [4.78, 5) is 14.3. The number of nitrogens with zero attached hydrogens (tertiary/aromatic N) is 3. The van der Waals surface area contributed by atoms with Crippen LogP contribution in [0.3, 0.4) is 0 Å². The van der Waals surface area contributed by atoms with E-state index in [1.54, 1.807) is 0 Å². The molecular weight excluding hydrogens is 273 g/mol. The van der Waals surface area contributed by atoms with Gasteiger partial charge in [0, 0.05) is 12.6 Å². The smallest absolute Gasteiger partial charge is 0.257 e. The second-order valence-electron chi connectivity index (χ2n) is 4.57. The Labute approximate surface area is 116 Å². The zero-order valence-electron chi connectivity index (χ0n) is 10.2. The maximum Gasteiger partial charge on any atom is 0.257 e. The van der Waals surface area contributed by atoms with Gasteiger partial charge in [0.2, 0.25) is 0 Å². The summed E-state index contributed by atoms with van der Waals surface area (Å²) in [6.07, 6.45) is 4.38. The van der Waals surface area contributed by atoms with Crippen LogP contribution in [-0.4, -0.2) is 33.6 Å². The highest BCUT2D eigenvalue weighted by Gasteiger charge is 2.25. The van der Waals surface area contributed by atoms with Gasteiger partial charge < -0.3 is 4.90 Å². The van der Waals surface area contributed by atoms with Crippen molar-refractivity contribution in [3.05, 3.63) is 21.9 Å². The second-order valence-corrected chi connectivity index (χ2v) is 5.31. The van der Waals surface area contributed by atoms with Gasteiger partial charge in [0.25, 0.3) is 5.91 Å². The fourth-order valence-electron chi connectivity index (χ4n) is 2.23. The summed E-state index contributed by atoms with van der Waals surface area (Å²) in [6.45, 7) is 2.82. The zero-order valence-corrected chi connectivity index (χ0v) is 11.7. The quantitative estimate of drug-likeness (QED) is 0.797. The molecule has 1 aromatic rings. The first-order chi connectivity index (χ1) is 8.59. The Balaban J connectivity index is 2.26. The van der Waals surface area contributed by atoms with Crippen LogP contribution in [0.25, 0.3) is 0 Å². The number of rotatable bonds is 1. The molecule has 1 unspecified atom stereocenters. The van der Waals surface area contributed by atoms with Crippen molar-refractivity contribution in [3.8, 4) is 0 Å². The minimum atomic E-state index is -0.105. The Kier molecular flexibility index (Phi) is 4.40. The number of carbonyl (C=O) groups is 1. The Bertz CT molecular complexity index is 453. The third kappa shape index (κ3) is 2.93. The standard InChI is InChI=1S/C12H15Cl2N3O/c1-8-5-3-2-4-6-17(8)12(18)9-7-10(13)15-16-11(9)14/h7-8H,2-6H2,1H3. The zero-order chi connectivity index (χ0) is 13.1. The number of aromatic nitrogens is 2. The van der Waals surface area contributed by atoms with Gasteiger partial charge in [0.15, 0.2) is 10.3 Å². The molecule has 2 rings (SSSR count). The largest absolute Gasteiger partial charge is 0.336 e. The number of carbonyl (C=O) groups excluding carboxylic acids is 1. The molecule has 6 heteroatoms. The Morgan fingerprint density at radius 3 is 2.89 bits per heavy atom. The van der Waals surface area contributed by atoms with Crippen LogP contribution in [0.15, 0.2) is 6.07 Å². The number of likely N-dealkylation sites (tertiary alicyclic amines) is 1. The Hall–Kier alpha value is -0.870. The molecule has 18 heavy (non-hydrogen) atoms.